The lowest BCUT2D eigenvalue weighted by molar-refractivity contribution is 0.110. The Morgan fingerprint density at radius 3 is 2.15 bits per heavy atom. The van der Waals surface area contributed by atoms with Gasteiger partial charge in [0.1, 0.15) is 0 Å². The third-order valence-electron chi connectivity index (χ3n) is 3.97. The molecule has 0 spiro atoms. The molecule has 1 fully saturated rings. The minimum atomic E-state index is 0.382. The smallest absolute Gasteiger partial charge is 0.0198 e. The van der Waals surface area contributed by atoms with Crippen LogP contribution in [0.5, 0.6) is 0 Å². The van der Waals surface area contributed by atoms with E-state index in [9.17, 15) is 0 Å². The predicted molar refractivity (Wildman–Crippen MR) is 90.2 cm³/mol. The van der Waals surface area contributed by atoms with E-state index in [2.05, 4.69) is 58.7 Å². The Kier molecular flexibility index (Phi) is 6.53. The quantitative estimate of drug-likeness (QED) is 0.814. The van der Waals surface area contributed by atoms with Gasteiger partial charge in [0.25, 0.3) is 0 Å². The molecule has 0 amide bonds. The van der Waals surface area contributed by atoms with E-state index in [1.807, 2.05) is 0 Å². The topological polar surface area (TPSA) is 15.3 Å². The van der Waals surface area contributed by atoms with Crippen LogP contribution in [-0.2, 0) is 0 Å². The fourth-order valence-electron chi connectivity index (χ4n) is 3.41. The molecular formula is C18H38N2. The predicted octanol–water partition coefficient (Wildman–Crippen LogP) is 4.16. The Bertz CT molecular complexity index is 272. The molecule has 1 saturated heterocycles. The molecule has 2 nitrogen and oxygen atoms in total. The van der Waals surface area contributed by atoms with Crippen molar-refractivity contribution in [2.75, 3.05) is 26.2 Å². The maximum atomic E-state index is 3.82. The fraction of sp³-hybridized carbons (Fsp3) is 1.00. The Morgan fingerprint density at radius 1 is 1.00 bits per heavy atom. The highest BCUT2D eigenvalue weighted by molar-refractivity contribution is 4.86. The molecule has 1 rings (SSSR count). The van der Waals surface area contributed by atoms with Gasteiger partial charge < -0.3 is 10.2 Å². The Balaban J connectivity index is 2.56. The third-order valence-corrected chi connectivity index (χ3v) is 3.97. The number of piperidine rings is 1. The summed E-state index contributed by atoms with van der Waals surface area (Å²) in [6.45, 7) is 21.3. The van der Waals surface area contributed by atoms with E-state index in [1.54, 1.807) is 0 Å². The summed E-state index contributed by atoms with van der Waals surface area (Å²) in [5.74, 6) is 0.854. The molecule has 1 N–H and O–H groups in total. The van der Waals surface area contributed by atoms with Gasteiger partial charge in [0, 0.05) is 25.7 Å². The lowest BCUT2D eigenvalue weighted by Crippen LogP contribution is -2.51. The summed E-state index contributed by atoms with van der Waals surface area (Å²) in [6, 6.07) is 0.682. The minimum absolute atomic E-state index is 0.382. The first-order valence-corrected chi connectivity index (χ1v) is 8.55. The first kappa shape index (κ1) is 18.0. The van der Waals surface area contributed by atoms with Crippen molar-refractivity contribution in [1.82, 2.24) is 10.2 Å². The average Bonchev–Trinajstić information content (AvgIpc) is 2.23. The molecule has 2 unspecified atom stereocenters. The van der Waals surface area contributed by atoms with Crippen molar-refractivity contribution in [3.05, 3.63) is 0 Å². The van der Waals surface area contributed by atoms with Crippen LogP contribution in [0.25, 0.3) is 0 Å². The standard InChI is InChI=1S/C18H38N2/c1-8-9-20-12-15(11-17(2,3)4)10-16(13-20)19-14-18(5,6)7/h15-16,19H,8-14H2,1-7H3. The number of nitrogens with zero attached hydrogens (tertiary/aromatic N) is 1. The van der Waals surface area contributed by atoms with Crippen molar-refractivity contribution in [1.29, 1.82) is 0 Å². The summed E-state index contributed by atoms with van der Waals surface area (Å²) in [7, 11) is 0. The zero-order valence-corrected chi connectivity index (χ0v) is 15.1. The molecule has 1 heterocycles. The minimum Gasteiger partial charge on any atom is -0.312 e. The third kappa shape index (κ3) is 7.64. The monoisotopic (exact) mass is 282 g/mol. The normalized spacial score (nSPS) is 25.9. The van der Waals surface area contributed by atoms with Gasteiger partial charge in [0.05, 0.1) is 0 Å². The maximum Gasteiger partial charge on any atom is 0.0198 e. The van der Waals surface area contributed by atoms with Crippen molar-refractivity contribution in [3.63, 3.8) is 0 Å². The second-order valence-electron chi connectivity index (χ2n) is 9.26. The zero-order chi connectivity index (χ0) is 15.4. The van der Waals surface area contributed by atoms with Crippen molar-refractivity contribution < 1.29 is 0 Å². The van der Waals surface area contributed by atoms with Gasteiger partial charge >= 0.3 is 0 Å². The van der Waals surface area contributed by atoms with Gasteiger partial charge in [0.2, 0.25) is 0 Å². The number of hydrogen-bond donors (Lipinski definition) is 1. The number of rotatable bonds is 5. The van der Waals surface area contributed by atoms with Gasteiger partial charge in [0.15, 0.2) is 0 Å². The molecular weight excluding hydrogens is 244 g/mol. The highest BCUT2D eigenvalue weighted by atomic mass is 15.2. The van der Waals surface area contributed by atoms with Crippen LogP contribution in [0.15, 0.2) is 0 Å². The lowest BCUT2D eigenvalue weighted by atomic mass is 9.80. The van der Waals surface area contributed by atoms with Gasteiger partial charge in [-0.2, -0.15) is 0 Å². The van der Waals surface area contributed by atoms with Crippen molar-refractivity contribution in [2.24, 2.45) is 16.7 Å². The highest BCUT2D eigenvalue weighted by Crippen LogP contribution is 2.30. The maximum absolute atomic E-state index is 3.82. The molecule has 1 aliphatic rings. The number of nitrogens with one attached hydrogen (secondary N) is 1. The SMILES string of the molecule is CCCN1CC(CC(C)(C)C)CC(NCC(C)(C)C)C1. The summed E-state index contributed by atoms with van der Waals surface area (Å²) in [4.78, 5) is 2.68. The molecule has 0 aliphatic carbocycles. The van der Waals surface area contributed by atoms with Gasteiger partial charge in [-0.3, -0.25) is 0 Å². The first-order valence-electron chi connectivity index (χ1n) is 8.55. The summed E-state index contributed by atoms with van der Waals surface area (Å²) < 4.78 is 0. The second-order valence-corrected chi connectivity index (χ2v) is 9.26. The molecule has 120 valence electrons. The molecule has 2 heteroatoms. The number of likely N-dealkylation sites (tertiary alicyclic amines) is 1. The van der Waals surface area contributed by atoms with Crippen LogP contribution in [0.1, 0.15) is 67.7 Å². The molecule has 0 aromatic rings. The molecule has 0 aromatic carbocycles. The van der Waals surface area contributed by atoms with E-state index >= 15 is 0 Å². The van der Waals surface area contributed by atoms with Crippen molar-refractivity contribution in [3.8, 4) is 0 Å². The zero-order valence-electron chi connectivity index (χ0n) is 15.1. The van der Waals surface area contributed by atoms with Crippen LogP contribution < -0.4 is 5.32 Å². The van der Waals surface area contributed by atoms with Crippen LogP contribution >= 0.6 is 0 Å². The van der Waals surface area contributed by atoms with Crippen LogP contribution in [0.4, 0.5) is 0 Å². The van der Waals surface area contributed by atoms with Crippen molar-refractivity contribution >= 4 is 0 Å². The van der Waals surface area contributed by atoms with E-state index in [-0.39, 0.29) is 0 Å². The molecule has 0 bridgehead atoms. The average molecular weight is 283 g/mol. The first-order chi connectivity index (χ1) is 9.09. The summed E-state index contributed by atoms with van der Waals surface area (Å²) in [6.07, 6.45) is 3.97. The lowest BCUT2D eigenvalue weighted by Gasteiger charge is -2.41. The Labute approximate surface area is 127 Å². The van der Waals surface area contributed by atoms with Gasteiger partial charge in [-0.25, -0.2) is 0 Å². The summed E-state index contributed by atoms with van der Waals surface area (Å²) >= 11 is 0. The van der Waals surface area contributed by atoms with Gasteiger partial charge in [-0.05, 0) is 42.6 Å². The molecule has 0 saturated carbocycles. The van der Waals surface area contributed by atoms with E-state index < -0.39 is 0 Å². The van der Waals surface area contributed by atoms with Crippen molar-refractivity contribution in [2.45, 2.75) is 73.8 Å². The van der Waals surface area contributed by atoms with E-state index in [0.717, 1.165) is 12.5 Å². The molecule has 2 atom stereocenters. The molecule has 0 radical (unpaired) electrons. The number of hydrogen-bond acceptors (Lipinski definition) is 2. The highest BCUT2D eigenvalue weighted by Gasteiger charge is 2.29. The molecule has 0 aromatic heterocycles. The largest absolute Gasteiger partial charge is 0.312 e. The summed E-state index contributed by atoms with van der Waals surface area (Å²) in [5, 5.41) is 3.82. The molecule has 1 aliphatic heterocycles. The van der Waals surface area contributed by atoms with Crippen LogP contribution in [0.3, 0.4) is 0 Å². The van der Waals surface area contributed by atoms with Crippen LogP contribution in [0.2, 0.25) is 0 Å². The Morgan fingerprint density at radius 2 is 1.65 bits per heavy atom. The Hall–Kier alpha value is -0.0800. The van der Waals surface area contributed by atoms with E-state index in [1.165, 1.54) is 38.9 Å². The van der Waals surface area contributed by atoms with Gasteiger partial charge in [-0.1, -0.05) is 48.5 Å². The molecule has 20 heavy (non-hydrogen) atoms. The van der Waals surface area contributed by atoms with Crippen LogP contribution in [-0.4, -0.2) is 37.1 Å². The summed E-state index contributed by atoms with van der Waals surface area (Å²) in [5.41, 5.74) is 0.834. The second kappa shape index (κ2) is 7.26. The fourth-order valence-corrected chi connectivity index (χ4v) is 3.41. The van der Waals surface area contributed by atoms with E-state index in [0.29, 0.717) is 16.9 Å². The van der Waals surface area contributed by atoms with Gasteiger partial charge in [-0.15, -0.1) is 0 Å². The van der Waals surface area contributed by atoms with Crippen LogP contribution in [0, 0.1) is 16.7 Å². The van der Waals surface area contributed by atoms with E-state index in [4.69, 9.17) is 0 Å².